The molecule has 230 valence electrons. The lowest BCUT2D eigenvalue weighted by molar-refractivity contribution is -0.134. The van der Waals surface area contributed by atoms with E-state index in [1.54, 1.807) is 20.4 Å². The van der Waals surface area contributed by atoms with Gasteiger partial charge < -0.3 is 34.8 Å². The molecule has 12 heteroatoms. The number of amides is 1. The average Bonchev–Trinajstić information content (AvgIpc) is 3.20. The van der Waals surface area contributed by atoms with Crippen LogP contribution in [0.5, 0.6) is 11.5 Å². The molecule has 3 heterocycles. The molecular formula is C31H41ClN8O3. The van der Waals surface area contributed by atoms with Crippen LogP contribution in [-0.4, -0.2) is 112 Å². The van der Waals surface area contributed by atoms with Crippen molar-refractivity contribution in [2.75, 3.05) is 96.7 Å². The van der Waals surface area contributed by atoms with Crippen LogP contribution in [0.2, 0.25) is 5.02 Å². The van der Waals surface area contributed by atoms with Gasteiger partial charge in [-0.15, -0.1) is 0 Å². The topological polar surface area (TPSA) is 98.3 Å². The number of hydrogen-bond donors (Lipinski definition) is 2. The van der Waals surface area contributed by atoms with Crippen molar-refractivity contribution in [3.05, 3.63) is 52.7 Å². The monoisotopic (exact) mass is 608 g/mol. The lowest BCUT2D eigenvalue weighted by Crippen LogP contribution is -2.50. The molecule has 1 saturated heterocycles. The normalized spacial score (nSPS) is 15.8. The Hall–Kier alpha value is -3.80. The van der Waals surface area contributed by atoms with Crippen LogP contribution in [-0.2, 0) is 17.6 Å². The molecule has 2 N–H and O–H groups in total. The minimum atomic E-state index is 0.217. The van der Waals surface area contributed by atoms with Gasteiger partial charge in [0.15, 0.2) is 5.82 Å². The molecule has 0 atom stereocenters. The summed E-state index contributed by atoms with van der Waals surface area (Å²) in [5.41, 5.74) is 4.96. The number of piperazine rings is 1. The smallest absolute Gasteiger partial charge is 0.236 e. The summed E-state index contributed by atoms with van der Waals surface area (Å²) < 4.78 is 11.4. The minimum absolute atomic E-state index is 0.217. The number of fused-ring (bicyclic) bond motifs is 1. The predicted octanol–water partition coefficient (Wildman–Crippen LogP) is 3.88. The summed E-state index contributed by atoms with van der Waals surface area (Å²) in [4.78, 5) is 30.6. The molecule has 0 unspecified atom stereocenters. The highest BCUT2D eigenvalue weighted by Gasteiger charge is 2.23. The molecule has 3 aromatic rings. The van der Waals surface area contributed by atoms with Crippen LogP contribution in [0.3, 0.4) is 0 Å². The number of rotatable bonds is 9. The van der Waals surface area contributed by atoms with Crippen LogP contribution < -0.4 is 25.0 Å². The molecule has 0 bridgehead atoms. The summed E-state index contributed by atoms with van der Waals surface area (Å²) in [6.07, 6.45) is 3.24. The molecule has 0 spiro atoms. The van der Waals surface area contributed by atoms with Gasteiger partial charge in [-0.05, 0) is 55.3 Å². The van der Waals surface area contributed by atoms with E-state index in [4.69, 9.17) is 21.1 Å². The molecule has 1 amide bonds. The number of nitrogens with one attached hydrogen (secondary N) is 2. The minimum Gasteiger partial charge on any atom is -0.495 e. The molecule has 0 radical (unpaired) electrons. The number of hydrogen-bond acceptors (Lipinski definition) is 10. The number of benzene rings is 2. The van der Waals surface area contributed by atoms with Crippen LogP contribution in [0.15, 0.2) is 36.5 Å². The summed E-state index contributed by atoms with van der Waals surface area (Å²) in [5, 5.41) is 6.99. The van der Waals surface area contributed by atoms with Crippen LogP contribution in [0.25, 0.3) is 0 Å². The van der Waals surface area contributed by atoms with E-state index in [1.807, 2.05) is 42.1 Å². The van der Waals surface area contributed by atoms with Crippen molar-refractivity contribution in [1.82, 2.24) is 24.7 Å². The van der Waals surface area contributed by atoms with Gasteiger partial charge in [0.1, 0.15) is 16.5 Å². The first-order valence-electron chi connectivity index (χ1n) is 14.5. The maximum absolute atomic E-state index is 13.0. The lowest BCUT2D eigenvalue weighted by Gasteiger charge is -2.33. The number of ether oxygens (including phenoxy) is 2. The average molecular weight is 609 g/mol. The highest BCUT2D eigenvalue weighted by Crippen LogP contribution is 2.35. The van der Waals surface area contributed by atoms with Gasteiger partial charge in [-0.1, -0.05) is 11.6 Å². The van der Waals surface area contributed by atoms with E-state index in [-0.39, 0.29) is 5.91 Å². The molecule has 2 aliphatic heterocycles. The summed E-state index contributed by atoms with van der Waals surface area (Å²) in [5.74, 6) is 2.41. The Morgan fingerprint density at radius 3 is 2.28 bits per heavy atom. The second-order valence-corrected chi connectivity index (χ2v) is 11.6. The van der Waals surface area contributed by atoms with Gasteiger partial charge >= 0.3 is 0 Å². The molecular weight excluding hydrogens is 568 g/mol. The first kappa shape index (κ1) is 30.7. The first-order chi connectivity index (χ1) is 20.7. The van der Waals surface area contributed by atoms with Gasteiger partial charge in [-0.2, -0.15) is 4.98 Å². The van der Waals surface area contributed by atoms with E-state index in [9.17, 15) is 4.79 Å². The van der Waals surface area contributed by atoms with Crippen molar-refractivity contribution in [3.8, 4) is 11.5 Å². The van der Waals surface area contributed by atoms with E-state index in [2.05, 4.69) is 49.6 Å². The fraction of sp³-hybridized carbons (Fsp3) is 0.452. The highest BCUT2D eigenvalue weighted by molar-refractivity contribution is 6.33. The van der Waals surface area contributed by atoms with Gasteiger partial charge in [0.2, 0.25) is 11.9 Å². The third-order valence-corrected chi connectivity index (χ3v) is 8.35. The summed E-state index contributed by atoms with van der Waals surface area (Å²) in [6.45, 7) is 5.57. The first-order valence-corrected chi connectivity index (χ1v) is 14.9. The summed E-state index contributed by atoms with van der Waals surface area (Å²) in [7, 11) is 9.34. The van der Waals surface area contributed by atoms with E-state index in [0.717, 1.165) is 69.2 Å². The Morgan fingerprint density at radius 2 is 1.60 bits per heavy atom. The standard InChI is InChI=1S/C31H41ClN8O3/c1-37(2)23-6-7-25(28(18-23)43-5)34-30-24(32)19-33-31(36-30)35-26-16-21-8-10-39(11-9-22(21)17-27(26)42-4)20-29(41)40-14-12-38(3)13-15-40/h6-7,16-19H,8-15,20H2,1-5H3,(H2,33,34,35,36). The Balaban J connectivity index is 1.29. The zero-order chi connectivity index (χ0) is 30.5. The third kappa shape index (κ3) is 7.41. The van der Waals surface area contributed by atoms with Crippen molar-refractivity contribution in [1.29, 1.82) is 0 Å². The molecule has 0 saturated carbocycles. The fourth-order valence-electron chi connectivity index (χ4n) is 5.40. The van der Waals surface area contributed by atoms with Gasteiger partial charge in [0, 0.05) is 65.1 Å². The van der Waals surface area contributed by atoms with Crippen molar-refractivity contribution in [3.63, 3.8) is 0 Å². The number of likely N-dealkylation sites (N-methyl/N-ethyl adjacent to an activating group) is 1. The van der Waals surface area contributed by atoms with E-state index in [1.165, 1.54) is 11.1 Å². The molecule has 2 aromatic carbocycles. The van der Waals surface area contributed by atoms with Crippen LogP contribution in [0.4, 0.5) is 28.8 Å². The highest BCUT2D eigenvalue weighted by atomic mass is 35.5. The molecule has 0 aliphatic carbocycles. The molecule has 43 heavy (non-hydrogen) atoms. The maximum Gasteiger partial charge on any atom is 0.236 e. The molecule has 11 nitrogen and oxygen atoms in total. The Bertz CT molecular complexity index is 1440. The van der Waals surface area contributed by atoms with E-state index in [0.29, 0.717) is 34.8 Å². The maximum atomic E-state index is 13.0. The van der Waals surface area contributed by atoms with Crippen molar-refractivity contribution in [2.45, 2.75) is 12.8 Å². The van der Waals surface area contributed by atoms with E-state index >= 15 is 0 Å². The zero-order valence-corrected chi connectivity index (χ0v) is 26.4. The molecule has 2 aliphatic rings. The van der Waals surface area contributed by atoms with Gasteiger partial charge in [0.05, 0.1) is 38.3 Å². The molecule has 1 fully saturated rings. The fourth-order valence-corrected chi connectivity index (χ4v) is 5.54. The number of methoxy groups -OCH3 is 2. The van der Waals surface area contributed by atoms with Gasteiger partial charge in [-0.3, -0.25) is 9.69 Å². The lowest BCUT2D eigenvalue weighted by atomic mass is 10.0. The van der Waals surface area contributed by atoms with Crippen molar-refractivity contribution < 1.29 is 14.3 Å². The van der Waals surface area contributed by atoms with Crippen LogP contribution >= 0.6 is 11.6 Å². The predicted molar refractivity (Wildman–Crippen MR) is 172 cm³/mol. The summed E-state index contributed by atoms with van der Waals surface area (Å²) >= 11 is 6.48. The number of nitrogens with zero attached hydrogens (tertiary/aromatic N) is 6. The van der Waals surface area contributed by atoms with Gasteiger partial charge in [0.25, 0.3) is 0 Å². The number of carbonyl (C=O) groups excluding carboxylic acids is 1. The molecule has 5 rings (SSSR count). The number of halogens is 1. The Morgan fingerprint density at radius 1 is 0.930 bits per heavy atom. The van der Waals surface area contributed by atoms with Crippen LogP contribution in [0.1, 0.15) is 11.1 Å². The SMILES string of the molecule is COc1cc2c(cc1Nc1ncc(Cl)c(Nc3ccc(N(C)C)cc3OC)n1)CCN(CC(=O)N1CCN(C)CC1)CC2. The quantitative estimate of drug-likeness (QED) is 0.372. The van der Waals surface area contributed by atoms with E-state index < -0.39 is 0 Å². The number of aromatic nitrogens is 2. The molecule has 1 aromatic heterocycles. The second kappa shape index (κ2) is 13.7. The summed E-state index contributed by atoms with van der Waals surface area (Å²) in [6, 6.07) is 10.0. The number of anilines is 5. The zero-order valence-electron chi connectivity index (χ0n) is 25.6. The Labute approximate surface area is 258 Å². The number of carbonyl (C=O) groups is 1. The van der Waals surface area contributed by atoms with Gasteiger partial charge in [-0.25, -0.2) is 4.98 Å². The third-order valence-electron chi connectivity index (χ3n) is 8.08. The second-order valence-electron chi connectivity index (χ2n) is 11.2. The Kier molecular flexibility index (Phi) is 9.74. The van der Waals surface area contributed by atoms with Crippen LogP contribution in [0, 0.1) is 0 Å². The van der Waals surface area contributed by atoms with Crippen molar-refractivity contribution >= 4 is 46.3 Å². The van der Waals surface area contributed by atoms with Crippen molar-refractivity contribution in [2.24, 2.45) is 0 Å². The largest absolute Gasteiger partial charge is 0.495 e.